The quantitative estimate of drug-likeness (QED) is 0.545. The molecule has 4 heteroatoms. The van der Waals surface area contributed by atoms with Crippen LogP contribution in [0.25, 0.3) is 22.4 Å². The van der Waals surface area contributed by atoms with E-state index in [2.05, 4.69) is 15.3 Å². The van der Waals surface area contributed by atoms with E-state index in [4.69, 9.17) is 0 Å². The van der Waals surface area contributed by atoms with Gasteiger partial charge >= 0.3 is 0 Å². The van der Waals surface area contributed by atoms with Crippen LogP contribution in [-0.2, 0) is 0 Å². The molecule has 0 aliphatic rings. The Bertz CT molecular complexity index is 1040. The van der Waals surface area contributed by atoms with Crippen LogP contribution in [0, 0.1) is 13.8 Å². The second-order valence-corrected chi connectivity index (χ2v) is 6.40. The number of carbonyl (C=O) groups is 1. The van der Waals surface area contributed by atoms with Gasteiger partial charge in [-0.3, -0.25) is 4.79 Å². The summed E-state index contributed by atoms with van der Waals surface area (Å²) in [6, 6.07) is 21.4. The SMILES string of the molecule is Cc1cccc(C)c1NC(=O)c1ccc(-c2nc3ccccc3[nH]2)cc1. The fourth-order valence-electron chi connectivity index (χ4n) is 3.07. The molecule has 0 unspecified atom stereocenters. The molecule has 0 atom stereocenters. The average molecular weight is 341 g/mol. The zero-order valence-electron chi connectivity index (χ0n) is 14.7. The van der Waals surface area contributed by atoms with E-state index in [0.717, 1.165) is 39.2 Å². The molecule has 0 spiro atoms. The number of aromatic amines is 1. The lowest BCUT2D eigenvalue weighted by Gasteiger charge is -2.11. The minimum atomic E-state index is -0.112. The molecular weight excluding hydrogens is 322 g/mol. The Kier molecular flexibility index (Phi) is 4.01. The van der Waals surface area contributed by atoms with Crippen molar-refractivity contribution in [3.63, 3.8) is 0 Å². The van der Waals surface area contributed by atoms with Gasteiger partial charge in [-0.05, 0) is 49.2 Å². The Morgan fingerprint density at radius 1 is 0.885 bits per heavy atom. The lowest BCUT2D eigenvalue weighted by Crippen LogP contribution is -2.13. The summed E-state index contributed by atoms with van der Waals surface area (Å²) in [4.78, 5) is 20.5. The summed E-state index contributed by atoms with van der Waals surface area (Å²) in [5, 5.41) is 3.01. The topological polar surface area (TPSA) is 57.8 Å². The number of rotatable bonds is 3. The molecule has 1 heterocycles. The number of hydrogen-bond acceptors (Lipinski definition) is 2. The molecule has 4 rings (SSSR count). The van der Waals surface area contributed by atoms with Crippen molar-refractivity contribution < 1.29 is 4.79 Å². The van der Waals surface area contributed by atoms with Crippen LogP contribution in [0.3, 0.4) is 0 Å². The van der Waals surface area contributed by atoms with Gasteiger partial charge in [0.25, 0.3) is 5.91 Å². The first-order valence-electron chi connectivity index (χ1n) is 8.54. The van der Waals surface area contributed by atoms with Crippen molar-refractivity contribution in [3.05, 3.63) is 83.4 Å². The van der Waals surface area contributed by atoms with Gasteiger partial charge in [-0.15, -0.1) is 0 Å². The van der Waals surface area contributed by atoms with Gasteiger partial charge < -0.3 is 10.3 Å². The van der Waals surface area contributed by atoms with Crippen molar-refractivity contribution in [3.8, 4) is 11.4 Å². The van der Waals surface area contributed by atoms with E-state index in [-0.39, 0.29) is 5.91 Å². The van der Waals surface area contributed by atoms with Gasteiger partial charge in [0, 0.05) is 16.8 Å². The molecule has 0 aliphatic heterocycles. The number of anilines is 1. The van der Waals surface area contributed by atoms with Crippen molar-refractivity contribution in [2.45, 2.75) is 13.8 Å². The third-order valence-electron chi connectivity index (χ3n) is 4.53. The fourth-order valence-corrected chi connectivity index (χ4v) is 3.07. The highest BCUT2D eigenvalue weighted by Crippen LogP contribution is 2.23. The van der Waals surface area contributed by atoms with Crippen LogP contribution in [0.5, 0.6) is 0 Å². The number of hydrogen-bond donors (Lipinski definition) is 2. The number of aromatic nitrogens is 2. The molecule has 0 fully saturated rings. The maximum absolute atomic E-state index is 12.6. The van der Waals surface area contributed by atoms with E-state index in [1.807, 2.05) is 80.6 Å². The zero-order valence-corrected chi connectivity index (χ0v) is 14.7. The maximum atomic E-state index is 12.6. The highest BCUT2D eigenvalue weighted by atomic mass is 16.1. The third-order valence-corrected chi connectivity index (χ3v) is 4.53. The van der Waals surface area contributed by atoms with E-state index in [9.17, 15) is 4.79 Å². The lowest BCUT2D eigenvalue weighted by molar-refractivity contribution is 0.102. The van der Waals surface area contributed by atoms with Gasteiger partial charge in [0.15, 0.2) is 0 Å². The summed E-state index contributed by atoms with van der Waals surface area (Å²) >= 11 is 0. The molecular formula is C22H19N3O. The Balaban J connectivity index is 1.58. The van der Waals surface area contributed by atoms with Gasteiger partial charge in [-0.25, -0.2) is 4.98 Å². The molecule has 0 saturated heterocycles. The first kappa shape index (κ1) is 16.1. The minimum absolute atomic E-state index is 0.112. The Morgan fingerprint density at radius 2 is 1.58 bits per heavy atom. The summed E-state index contributed by atoms with van der Waals surface area (Å²) in [5.74, 6) is 0.687. The lowest BCUT2D eigenvalue weighted by atomic mass is 10.1. The van der Waals surface area contributed by atoms with Gasteiger partial charge in [0.05, 0.1) is 11.0 Å². The van der Waals surface area contributed by atoms with E-state index in [1.54, 1.807) is 0 Å². The first-order chi connectivity index (χ1) is 12.6. The Morgan fingerprint density at radius 3 is 2.27 bits per heavy atom. The molecule has 0 bridgehead atoms. The number of benzene rings is 3. The highest BCUT2D eigenvalue weighted by Gasteiger charge is 2.11. The van der Waals surface area contributed by atoms with Gasteiger partial charge in [-0.1, -0.05) is 42.5 Å². The number of carbonyl (C=O) groups excluding carboxylic acids is 1. The van der Waals surface area contributed by atoms with Gasteiger partial charge in [0.1, 0.15) is 5.82 Å². The standard InChI is InChI=1S/C22H19N3O/c1-14-6-5-7-15(2)20(14)25-22(26)17-12-10-16(11-13-17)21-23-18-8-3-4-9-19(18)24-21/h3-13H,1-2H3,(H,23,24)(H,25,26). The maximum Gasteiger partial charge on any atom is 0.255 e. The number of nitrogens with one attached hydrogen (secondary N) is 2. The van der Waals surface area contributed by atoms with Crippen LogP contribution in [-0.4, -0.2) is 15.9 Å². The molecule has 26 heavy (non-hydrogen) atoms. The predicted octanol–water partition coefficient (Wildman–Crippen LogP) is 5.10. The second-order valence-electron chi connectivity index (χ2n) is 6.40. The third kappa shape index (κ3) is 2.97. The van der Waals surface area contributed by atoms with Crippen molar-refractivity contribution in [2.24, 2.45) is 0 Å². The smallest absolute Gasteiger partial charge is 0.255 e. The van der Waals surface area contributed by atoms with Crippen molar-refractivity contribution in [1.82, 2.24) is 9.97 Å². The average Bonchev–Trinajstić information content (AvgIpc) is 3.09. The summed E-state index contributed by atoms with van der Waals surface area (Å²) in [7, 11) is 0. The Hall–Kier alpha value is -3.40. The van der Waals surface area contributed by atoms with Crippen LogP contribution in [0.1, 0.15) is 21.5 Å². The highest BCUT2D eigenvalue weighted by molar-refractivity contribution is 6.05. The van der Waals surface area contributed by atoms with E-state index in [1.165, 1.54) is 0 Å². The van der Waals surface area contributed by atoms with Crippen molar-refractivity contribution in [1.29, 1.82) is 0 Å². The van der Waals surface area contributed by atoms with Crippen molar-refractivity contribution in [2.75, 3.05) is 5.32 Å². The molecule has 0 radical (unpaired) electrons. The Labute approximate surface area is 151 Å². The summed E-state index contributed by atoms with van der Waals surface area (Å²) in [6.07, 6.45) is 0. The summed E-state index contributed by atoms with van der Waals surface area (Å²) in [6.45, 7) is 3.99. The van der Waals surface area contributed by atoms with Crippen LogP contribution >= 0.6 is 0 Å². The summed E-state index contributed by atoms with van der Waals surface area (Å²) < 4.78 is 0. The van der Waals surface area contributed by atoms with Crippen LogP contribution < -0.4 is 5.32 Å². The number of para-hydroxylation sites is 3. The molecule has 1 amide bonds. The fraction of sp³-hybridized carbons (Fsp3) is 0.0909. The number of nitrogens with zero attached hydrogens (tertiary/aromatic N) is 1. The first-order valence-corrected chi connectivity index (χ1v) is 8.54. The number of imidazole rings is 1. The normalized spacial score (nSPS) is 10.8. The molecule has 4 aromatic rings. The molecule has 3 aromatic carbocycles. The molecule has 0 saturated carbocycles. The summed E-state index contributed by atoms with van der Waals surface area (Å²) in [5.41, 5.74) is 6.48. The predicted molar refractivity (Wildman–Crippen MR) is 105 cm³/mol. The van der Waals surface area contributed by atoms with Crippen molar-refractivity contribution >= 4 is 22.6 Å². The van der Waals surface area contributed by atoms with Gasteiger partial charge in [-0.2, -0.15) is 0 Å². The van der Waals surface area contributed by atoms with E-state index in [0.29, 0.717) is 5.56 Å². The molecule has 0 aliphatic carbocycles. The molecule has 128 valence electrons. The molecule has 1 aromatic heterocycles. The van der Waals surface area contributed by atoms with Crippen LogP contribution in [0.2, 0.25) is 0 Å². The largest absolute Gasteiger partial charge is 0.338 e. The number of aryl methyl sites for hydroxylation is 2. The van der Waals surface area contributed by atoms with E-state index >= 15 is 0 Å². The zero-order chi connectivity index (χ0) is 18.1. The van der Waals surface area contributed by atoms with Gasteiger partial charge in [0.2, 0.25) is 0 Å². The minimum Gasteiger partial charge on any atom is -0.338 e. The monoisotopic (exact) mass is 341 g/mol. The molecule has 4 nitrogen and oxygen atoms in total. The number of H-pyrrole nitrogens is 1. The van der Waals surface area contributed by atoms with Crippen LogP contribution in [0.4, 0.5) is 5.69 Å². The van der Waals surface area contributed by atoms with Crippen LogP contribution in [0.15, 0.2) is 66.7 Å². The molecule has 2 N–H and O–H groups in total. The number of amides is 1. The second kappa shape index (κ2) is 6.48. The number of fused-ring (bicyclic) bond motifs is 1. The van der Waals surface area contributed by atoms with E-state index < -0.39 is 0 Å².